The smallest absolute Gasteiger partial charge is 0.0427 e. The summed E-state index contributed by atoms with van der Waals surface area (Å²) in [5, 5.41) is 0.785. The summed E-state index contributed by atoms with van der Waals surface area (Å²) < 4.78 is 0.298. The summed E-state index contributed by atoms with van der Waals surface area (Å²) in [6.45, 7) is 7.26. The Morgan fingerprint density at radius 1 is 1.47 bits per heavy atom. The number of hydrogen-bond acceptors (Lipinski definition) is 3. The van der Waals surface area contributed by atoms with E-state index in [1.165, 1.54) is 11.3 Å². The topological polar surface area (TPSA) is 29.3 Å². The van der Waals surface area contributed by atoms with Gasteiger partial charge >= 0.3 is 0 Å². The number of halogens is 1. The molecule has 1 aromatic rings. The second-order valence-electron chi connectivity index (χ2n) is 5.01. The number of thioether (sulfide) groups is 1. The van der Waals surface area contributed by atoms with Crippen LogP contribution in [0.3, 0.4) is 0 Å². The third-order valence-electron chi connectivity index (χ3n) is 3.03. The summed E-state index contributed by atoms with van der Waals surface area (Å²) >= 11 is 8.12. The Morgan fingerprint density at radius 3 is 2.88 bits per heavy atom. The number of nitrogens with zero attached hydrogens (tertiary/aromatic N) is 1. The molecule has 4 heteroatoms. The van der Waals surface area contributed by atoms with E-state index in [4.69, 9.17) is 17.3 Å². The SMILES string of the molecule is CC1(C)CN(c2cc(Cl)ccc2CN)CCS1. The van der Waals surface area contributed by atoms with Crippen molar-refractivity contribution in [1.29, 1.82) is 0 Å². The Labute approximate surface area is 113 Å². The van der Waals surface area contributed by atoms with Gasteiger partial charge in [-0.2, -0.15) is 11.8 Å². The van der Waals surface area contributed by atoms with Crippen LogP contribution in [0.5, 0.6) is 0 Å². The number of rotatable bonds is 2. The fourth-order valence-electron chi connectivity index (χ4n) is 2.23. The lowest BCUT2D eigenvalue weighted by Gasteiger charge is -2.39. The zero-order chi connectivity index (χ0) is 12.5. The molecule has 0 aromatic heterocycles. The van der Waals surface area contributed by atoms with E-state index in [-0.39, 0.29) is 0 Å². The lowest BCUT2D eigenvalue weighted by molar-refractivity contribution is 0.645. The second-order valence-corrected chi connectivity index (χ2v) is 7.25. The number of hydrogen-bond donors (Lipinski definition) is 1. The first-order chi connectivity index (χ1) is 8.02. The van der Waals surface area contributed by atoms with Gasteiger partial charge in [-0.25, -0.2) is 0 Å². The fraction of sp³-hybridized carbons (Fsp3) is 0.538. The van der Waals surface area contributed by atoms with Crippen molar-refractivity contribution in [3.63, 3.8) is 0 Å². The predicted octanol–water partition coefficient (Wildman–Crippen LogP) is 3.13. The van der Waals surface area contributed by atoms with E-state index in [9.17, 15) is 0 Å². The molecule has 94 valence electrons. The zero-order valence-electron chi connectivity index (χ0n) is 10.4. The number of anilines is 1. The summed E-state index contributed by atoms with van der Waals surface area (Å²) in [4.78, 5) is 2.41. The molecule has 1 saturated heterocycles. The van der Waals surface area contributed by atoms with Gasteiger partial charge in [0.15, 0.2) is 0 Å². The van der Waals surface area contributed by atoms with Crippen LogP contribution < -0.4 is 10.6 Å². The van der Waals surface area contributed by atoms with Crippen molar-refractivity contribution in [2.75, 3.05) is 23.7 Å². The highest BCUT2D eigenvalue weighted by atomic mass is 35.5. The maximum absolute atomic E-state index is 6.09. The molecule has 0 unspecified atom stereocenters. The van der Waals surface area contributed by atoms with E-state index >= 15 is 0 Å². The summed E-state index contributed by atoms with van der Waals surface area (Å²) in [5.74, 6) is 1.16. The number of benzene rings is 1. The van der Waals surface area contributed by atoms with Crippen LogP contribution in [-0.4, -0.2) is 23.6 Å². The minimum absolute atomic E-state index is 0.298. The fourth-order valence-corrected chi connectivity index (χ4v) is 3.50. The molecular weight excluding hydrogens is 252 g/mol. The van der Waals surface area contributed by atoms with Crippen LogP contribution in [0.15, 0.2) is 18.2 Å². The Hall–Kier alpha value is -0.380. The van der Waals surface area contributed by atoms with Gasteiger partial charge in [-0.1, -0.05) is 17.7 Å². The Bertz CT molecular complexity index is 406. The molecule has 0 radical (unpaired) electrons. The van der Waals surface area contributed by atoms with Crippen molar-refractivity contribution in [1.82, 2.24) is 0 Å². The first-order valence-corrected chi connectivity index (χ1v) is 7.25. The van der Waals surface area contributed by atoms with Gasteiger partial charge in [0, 0.05) is 40.8 Å². The van der Waals surface area contributed by atoms with E-state index in [1.54, 1.807) is 0 Å². The Morgan fingerprint density at radius 2 is 2.24 bits per heavy atom. The average Bonchev–Trinajstić information content (AvgIpc) is 2.27. The molecule has 0 bridgehead atoms. The van der Waals surface area contributed by atoms with Crippen LogP contribution in [0.2, 0.25) is 5.02 Å². The van der Waals surface area contributed by atoms with Crippen molar-refractivity contribution in [3.8, 4) is 0 Å². The molecule has 17 heavy (non-hydrogen) atoms. The minimum Gasteiger partial charge on any atom is -0.369 e. The van der Waals surface area contributed by atoms with Crippen LogP contribution >= 0.6 is 23.4 Å². The summed E-state index contributed by atoms with van der Waals surface area (Å²) in [6.07, 6.45) is 0. The van der Waals surface area contributed by atoms with Gasteiger partial charge in [0.1, 0.15) is 0 Å². The molecule has 1 aliphatic rings. The van der Waals surface area contributed by atoms with Crippen molar-refractivity contribution >= 4 is 29.1 Å². The first-order valence-electron chi connectivity index (χ1n) is 5.89. The van der Waals surface area contributed by atoms with E-state index in [0.29, 0.717) is 11.3 Å². The monoisotopic (exact) mass is 270 g/mol. The largest absolute Gasteiger partial charge is 0.369 e. The summed E-state index contributed by atoms with van der Waals surface area (Å²) in [7, 11) is 0. The maximum Gasteiger partial charge on any atom is 0.0427 e. The molecule has 0 saturated carbocycles. The van der Waals surface area contributed by atoms with E-state index < -0.39 is 0 Å². The third kappa shape index (κ3) is 3.09. The van der Waals surface area contributed by atoms with Gasteiger partial charge in [0.05, 0.1) is 0 Å². The molecule has 1 fully saturated rings. The van der Waals surface area contributed by atoms with Gasteiger partial charge in [0.2, 0.25) is 0 Å². The lowest BCUT2D eigenvalue weighted by Crippen LogP contribution is -2.43. The molecule has 0 aliphatic carbocycles. The Balaban J connectivity index is 2.29. The van der Waals surface area contributed by atoms with E-state index in [2.05, 4.69) is 18.7 Å². The third-order valence-corrected chi connectivity index (χ3v) is 4.57. The molecule has 1 heterocycles. The van der Waals surface area contributed by atoms with Crippen LogP contribution in [0, 0.1) is 0 Å². The van der Waals surface area contributed by atoms with Crippen LogP contribution in [-0.2, 0) is 6.54 Å². The highest BCUT2D eigenvalue weighted by Gasteiger charge is 2.28. The van der Waals surface area contributed by atoms with Gasteiger partial charge in [-0.3, -0.25) is 0 Å². The van der Waals surface area contributed by atoms with Crippen LogP contribution in [0.25, 0.3) is 0 Å². The number of nitrogens with two attached hydrogens (primary N) is 1. The summed E-state index contributed by atoms with van der Waals surface area (Å²) in [5.41, 5.74) is 8.18. The van der Waals surface area contributed by atoms with E-state index in [1.807, 2.05) is 30.0 Å². The quantitative estimate of drug-likeness (QED) is 0.895. The highest BCUT2D eigenvalue weighted by Crippen LogP contribution is 2.34. The Kier molecular flexibility index (Phi) is 3.91. The zero-order valence-corrected chi connectivity index (χ0v) is 11.9. The van der Waals surface area contributed by atoms with Gasteiger partial charge in [-0.05, 0) is 31.5 Å². The standard InChI is InChI=1S/C13H19ClN2S/c1-13(2)9-16(5-6-17-13)12-7-11(14)4-3-10(12)8-15/h3-4,7H,5-6,8-9,15H2,1-2H3. The van der Waals surface area contributed by atoms with Crippen molar-refractivity contribution in [2.45, 2.75) is 25.1 Å². The second kappa shape index (κ2) is 5.09. The normalized spacial score (nSPS) is 19.4. The summed E-state index contributed by atoms with van der Waals surface area (Å²) in [6, 6.07) is 5.99. The van der Waals surface area contributed by atoms with Gasteiger partial charge in [0.25, 0.3) is 0 Å². The van der Waals surface area contributed by atoms with Gasteiger partial charge in [-0.15, -0.1) is 0 Å². The van der Waals surface area contributed by atoms with E-state index in [0.717, 1.165) is 23.9 Å². The maximum atomic E-state index is 6.09. The average molecular weight is 271 g/mol. The van der Waals surface area contributed by atoms with Crippen LogP contribution in [0.1, 0.15) is 19.4 Å². The molecule has 1 aromatic carbocycles. The molecule has 2 rings (SSSR count). The highest BCUT2D eigenvalue weighted by molar-refractivity contribution is 8.00. The minimum atomic E-state index is 0.298. The molecule has 0 atom stereocenters. The van der Waals surface area contributed by atoms with Crippen molar-refractivity contribution in [2.24, 2.45) is 5.73 Å². The molecule has 2 N–H and O–H groups in total. The predicted molar refractivity (Wildman–Crippen MR) is 78.1 cm³/mol. The van der Waals surface area contributed by atoms with Crippen molar-refractivity contribution < 1.29 is 0 Å². The molecule has 2 nitrogen and oxygen atoms in total. The van der Waals surface area contributed by atoms with Crippen LogP contribution in [0.4, 0.5) is 5.69 Å². The van der Waals surface area contributed by atoms with Crippen molar-refractivity contribution in [3.05, 3.63) is 28.8 Å². The molecule has 1 aliphatic heterocycles. The lowest BCUT2D eigenvalue weighted by atomic mass is 10.1. The molecular formula is C13H19ClN2S. The van der Waals surface area contributed by atoms with Gasteiger partial charge < -0.3 is 10.6 Å². The molecule has 0 spiro atoms. The molecule has 0 amide bonds. The first kappa shape index (κ1) is 13.1.